The van der Waals surface area contributed by atoms with Crippen LogP contribution in [-0.2, 0) is 20.0 Å². The first-order valence-electron chi connectivity index (χ1n) is 9.29. The van der Waals surface area contributed by atoms with E-state index in [-0.39, 0.29) is 15.8 Å². The third kappa shape index (κ3) is 4.07. The normalized spacial score (nSPS) is 18.9. The molecule has 1 saturated heterocycles. The van der Waals surface area contributed by atoms with E-state index in [1.165, 1.54) is 28.6 Å². The maximum atomic E-state index is 12.9. The Hall–Kier alpha value is -1.94. The average molecular weight is 422 g/mol. The van der Waals surface area contributed by atoms with E-state index < -0.39 is 20.0 Å². The molecule has 2 aromatic rings. The van der Waals surface area contributed by atoms with Gasteiger partial charge in [-0.05, 0) is 49.2 Å². The number of hydrogen-bond acceptors (Lipinski definition) is 5. The number of rotatable bonds is 6. The van der Waals surface area contributed by atoms with Gasteiger partial charge in [0.25, 0.3) is 0 Å². The summed E-state index contributed by atoms with van der Waals surface area (Å²) >= 11 is 0. The minimum Gasteiger partial charge on any atom is -0.369 e. The highest BCUT2D eigenvalue weighted by Gasteiger charge is 2.30. The summed E-state index contributed by atoms with van der Waals surface area (Å²) in [5.74, 6) is 0. The van der Waals surface area contributed by atoms with Gasteiger partial charge in [-0.25, -0.2) is 21.6 Å². The summed E-state index contributed by atoms with van der Waals surface area (Å²) in [6.45, 7) is 2.00. The molecule has 0 radical (unpaired) electrons. The van der Waals surface area contributed by atoms with Gasteiger partial charge in [0.2, 0.25) is 20.0 Å². The molecule has 28 heavy (non-hydrogen) atoms. The summed E-state index contributed by atoms with van der Waals surface area (Å²) in [5.41, 5.74) is 1.08. The van der Waals surface area contributed by atoms with E-state index >= 15 is 0 Å². The van der Waals surface area contributed by atoms with Gasteiger partial charge in [-0.3, -0.25) is 0 Å². The third-order valence-corrected chi connectivity index (χ3v) is 8.48. The molecule has 9 heteroatoms. The van der Waals surface area contributed by atoms with Gasteiger partial charge in [-0.1, -0.05) is 18.2 Å². The molecule has 4 rings (SSSR count). The van der Waals surface area contributed by atoms with Crippen LogP contribution < -0.4 is 9.62 Å². The van der Waals surface area contributed by atoms with Crippen LogP contribution >= 0.6 is 0 Å². The van der Waals surface area contributed by atoms with Gasteiger partial charge in [0, 0.05) is 37.9 Å². The first-order valence-corrected chi connectivity index (χ1v) is 12.2. The Bertz CT molecular complexity index is 1030. The summed E-state index contributed by atoms with van der Waals surface area (Å²) in [4.78, 5) is 2.36. The van der Waals surface area contributed by atoms with Crippen LogP contribution in [0.5, 0.6) is 0 Å². The Kier molecular flexibility index (Phi) is 5.17. The predicted molar refractivity (Wildman–Crippen MR) is 107 cm³/mol. The second-order valence-corrected chi connectivity index (χ2v) is 10.7. The van der Waals surface area contributed by atoms with E-state index in [9.17, 15) is 16.8 Å². The quantitative estimate of drug-likeness (QED) is 0.766. The molecule has 1 N–H and O–H groups in total. The summed E-state index contributed by atoms with van der Waals surface area (Å²) in [7, 11) is -7.24. The fourth-order valence-electron chi connectivity index (χ4n) is 3.25. The number of nitrogens with zero attached hydrogens (tertiary/aromatic N) is 2. The zero-order valence-electron chi connectivity index (χ0n) is 15.4. The van der Waals surface area contributed by atoms with Crippen molar-refractivity contribution >= 4 is 25.7 Å². The first-order chi connectivity index (χ1) is 13.4. The molecule has 2 fully saturated rings. The van der Waals surface area contributed by atoms with E-state index in [4.69, 9.17) is 0 Å². The molecule has 150 valence electrons. The standard InChI is InChI=1S/C19H23N3O4S2/c23-27(24,20-16-6-7-16)18-8-10-19(11-9-18)28(25,26)22-14-12-21(13-15-22)17-4-2-1-3-5-17/h1-5,8-11,16,20H,6-7,12-15H2. The molecule has 0 unspecified atom stereocenters. The lowest BCUT2D eigenvalue weighted by Crippen LogP contribution is -2.48. The van der Waals surface area contributed by atoms with Crippen LogP contribution in [-0.4, -0.2) is 53.4 Å². The topological polar surface area (TPSA) is 86.8 Å². The Morgan fingerprint density at radius 2 is 1.32 bits per heavy atom. The second kappa shape index (κ2) is 7.47. The van der Waals surface area contributed by atoms with Crippen molar-refractivity contribution in [2.24, 2.45) is 0 Å². The Morgan fingerprint density at radius 1 is 0.750 bits per heavy atom. The van der Waals surface area contributed by atoms with Gasteiger partial charge in [0.15, 0.2) is 0 Å². The molecule has 7 nitrogen and oxygen atoms in total. The second-order valence-electron chi connectivity index (χ2n) is 7.09. The Morgan fingerprint density at radius 3 is 1.89 bits per heavy atom. The number of para-hydroxylation sites is 1. The molecule has 1 heterocycles. The molecule has 1 aliphatic heterocycles. The van der Waals surface area contributed by atoms with Gasteiger partial charge in [-0.2, -0.15) is 4.31 Å². The van der Waals surface area contributed by atoms with Gasteiger partial charge < -0.3 is 4.90 Å². The summed E-state index contributed by atoms with van der Waals surface area (Å²) in [5, 5.41) is 0. The van der Waals surface area contributed by atoms with E-state index in [0.717, 1.165) is 18.5 Å². The number of benzene rings is 2. The summed E-state index contributed by atoms with van der Waals surface area (Å²) in [6.07, 6.45) is 1.70. The van der Waals surface area contributed by atoms with Gasteiger partial charge in [-0.15, -0.1) is 0 Å². The Balaban J connectivity index is 1.45. The van der Waals surface area contributed by atoms with Crippen LogP contribution in [0.3, 0.4) is 0 Å². The van der Waals surface area contributed by atoms with E-state index in [0.29, 0.717) is 26.2 Å². The van der Waals surface area contributed by atoms with Crippen molar-refractivity contribution in [3.63, 3.8) is 0 Å². The number of anilines is 1. The van der Waals surface area contributed by atoms with Crippen molar-refractivity contribution in [2.75, 3.05) is 31.1 Å². The van der Waals surface area contributed by atoms with E-state index in [2.05, 4.69) is 9.62 Å². The summed E-state index contributed by atoms with van der Waals surface area (Å²) in [6, 6.07) is 15.4. The first kappa shape index (κ1) is 19.4. The lowest BCUT2D eigenvalue weighted by Gasteiger charge is -2.35. The van der Waals surface area contributed by atoms with Crippen LogP contribution in [0.25, 0.3) is 0 Å². The molecule has 1 aliphatic carbocycles. The highest BCUT2D eigenvalue weighted by molar-refractivity contribution is 7.89. The van der Waals surface area contributed by atoms with Crippen molar-refractivity contribution in [3.8, 4) is 0 Å². The van der Waals surface area contributed by atoms with Crippen LogP contribution in [0.2, 0.25) is 0 Å². The van der Waals surface area contributed by atoms with Gasteiger partial charge in [0.05, 0.1) is 9.79 Å². The van der Waals surface area contributed by atoms with E-state index in [1.54, 1.807) is 0 Å². The fourth-order valence-corrected chi connectivity index (χ4v) is 5.98. The zero-order chi connectivity index (χ0) is 19.8. The zero-order valence-corrected chi connectivity index (χ0v) is 17.0. The van der Waals surface area contributed by atoms with Crippen LogP contribution in [0, 0.1) is 0 Å². The number of hydrogen-bond donors (Lipinski definition) is 1. The molecule has 2 aliphatic rings. The largest absolute Gasteiger partial charge is 0.369 e. The molecular formula is C19H23N3O4S2. The minimum absolute atomic E-state index is 0.00863. The van der Waals surface area contributed by atoms with Crippen molar-refractivity contribution in [1.29, 1.82) is 0 Å². The van der Waals surface area contributed by atoms with Crippen molar-refractivity contribution < 1.29 is 16.8 Å². The highest BCUT2D eigenvalue weighted by Crippen LogP contribution is 2.24. The van der Waals surface area contributed by atoms with Gasteiger partial charge >= 0.3 is 0 Å². The van der Waals surface area contributed by atoms with Crippen LogP contribution in [0.1, 0.15) is 12.8 Å². The van der Waals surface area contributed by atoms with Crippen LogP contribution in [0.15, 0.2) is 64.4 Å². The SMILES string of the molecule is O=S(=O)(NC1CC1)c1ccc(S(=O)(=O)N2CCN(c3ccccc3)CC2)cc1. The molecule has 0 bridgehead atoms. The molecule has 0 spiro atoms. The monoisotopic (exact) mass is 421 g/mol. The molecule has 2 aromatic carbocycles. The molecular weight excluding hydrogens is 398 g/mol. The lowest BCUT2D eigenvalue weighted by atomic mass is 10.2. The van der Waals surface area contributed by atoms with E-state index in [1.807, 2.05) is 30.3 Å². The molecule has 1 saturated carbocycles. The molecule has 0 aromatic heterocycles. The van der Waals surface area contributed by atoms with Gasteiger partial charge in [0.1, 0.15) is 0 Å². The lowest BCUT2D eigenvalue weighted by molar-refractivity contribution is 0.385. The number of nitrogens with one attached hydrogen (secondary N) is 1. The summed E-state index contributed by atoms with van der Waals surface area (Å²) < 4.78 is 54.4. The maximum Gasteiger partial charge on any atom is 0.243 e. The van der Waals surface area contributed by atoms with Crippen molar-refractivity contribution in [3.05, 3.63) is 54.6 Å². The van der Waals surface area contributed by atoms with Crippen LogP contribution in [0.4, 0.5) is 5.69 Å². The number of sulfonamides is 2. The third-order valence-electron chi connectivity index (χ3n) is 5.03. The maximum absolute atomic E-state index is 12.9. The molecule has 0 atom stereocenters. The fraction of sp³-hybridized carbons (Fsp3) is 0.368. The van der Waals surface area contributed by atoms with Crippen molar-refractivity contribution in [2.45, 2.75) is 28.7 Å². The van der Waals surface area contributed by atoms with Crippen molar-refractivity contribution in [1.82, 2.24) is 9.03 Å². The predicted octanol–water partition coefficient (Wildman–Crippen LogP) is 1.64. The minimum atomic E-state index is -3.65. The highest BCUT2D eigenvalue weighted by atomic mass is 32.2. The molecule has 0 amide bonds. The Labute approximate surface area is 166 Å². The smallest absolute Gasteiger partial charge is 0.243 e. The average Bonchev–Trinajstić information content (AvgIpc) is 3.52. The number of piperazine rings is 1.